The number of aryl methyl sites for hydroxylation is 1. The summed E-state index contributed by atoms with van der Waals surface area (Å²) in [4.78, 5) is 12.1. The molecule has 1 rings (SSSR count). The van der Waals surface area contributed by atoms with Crippen LogP contribution in [0.15, 0.2) is 23.1 Å². The molecule has 6 nitrogen and oxygen atoms in total. The molecule has 0 heterocycles. The molecule has 1 aromatic carbocycles. The normalized spacial score (nSPS) is 14.1. The largest absolute Gasteiger partial charge is 0.495 e. The standard InChI is InChI=1S/C16H26N2O4S/c1-6-7-12(3)17-16(19)13(4)18-23(20,21)15-10-11(2)8-9-14(15)22-5/h8-10,12-13,18H,6-7H2,1-5H3,(H,17,19)/t12-,13+/m1/s1. The van der Waals surface area contributed by atoms with E-state index in [-0.39, 0.29) is 22.6 Å². The minimum Gasteiger partial charge on any atom is -0.495 e. The van der Waals surface area contributed by atoms with E-state index in [1.54, 1.807) is 19.1 Å². The van der Waals surface area contributed by atoms with Crippen LogP contribution in [0.2, 0.25) is 0 Å². The van der Waals surface area contributed by atoms with Gasteiger partial charge < -0.3 is 10.1 Å². The van der Waals surface area contributed by atoms with Crippen LogP contribution in [-0.4, -0.2) is 33.5 Å². The summed E-state index contributed by atoms with van der Waals surface area (Å²) in [6, 6.07) is 4.02. The van der Waals surface area contributed by atoms with Crippen LogP contribution >= 0.6 is 0 Å². The maximum Gasteiger partial charge on any atom is 0.244 e. The van der Waals surface area contributed by atoms with E-state index in [4.69, 9.17) is 4.74 Å². The highest BCUT2D eigenvalue weighted by Gasteiger charge is 2.25. The van der Waals surface area contributed by atoms with Crippen molar-refractivity contribution in [1.29, 1.82) is 0 Å². The number of methoxy groups -OCH3 is 1. The predicted octanol–water partition coefficient (Wildman–Crippen LogP) is 1.98. The van der Waals surface area contributed by atoms with Crippen molar-refractivity contribution in [3.8, 4) is 5.75 Å². The van der Waals surface area contributed by atoms with Crippen LogP contribution in [-0.2, 0) is 14.8 Å². The van der Waals surface area contributed by atoms with Crippen LogP contribution in [0.5, 0.6) is 5.75 Å². The van der Waals surface area contributed by atoms with E-state index in [9.17, 15) is 13.2 Å². The lowest BCUT2D eigenvalue weighted by Gasteiger charge is -2.19. The monoisotopic (exact) mass is 342 g/mol. The van der Waals surface area contributed by atoms with Gasteiger partial charge in [-0.05, 0) is 44.9 Å². The molecule has 2 atom stereocenters. The van der Waals surface area contributed by atoms with Crippen molar-refractivity contribution in [3.05, 3.63) is 23.8 Å². The van der Waals surface area contributed by atoms with Gasteiger partial charge in [0.1, 0.15) is 10.6 Å². The molecule has 2 N–H and O–H groups in total. The van der Waals surface area contributed by atoms with Crippen molar-refractivity contribution >= 4 is 15.9 Å². The fourth-order valence-electron chi connectivity index (χ4n) is 2.22. The highest BCUT2D eigenvalue weighted by Crippen LogP contribution is 2.24. The maximum absolute atomic E-state index is 12.5. The van der Waals surface area contributed by atoms with Gasteiger partial charge in [-0.1, -0.05) is 19.4 Å². The van der Waals surface area contributed by atoms with E-state index in [0.29, 0.717) is 0 Å². The van der Waals surface area contributed by atoms with Crippen molar-refractivity contribution in [3.63, 3.8) is 0 Å². The summed E-state index contributed by atoms with van der Waals surface area (Å²) >= 11 is 0. The average molecular weight is 342 g/mol. The van der Waals surface area contributed by atoms with Crippen molar-refractivity contribution in [2.75, 3.05) is 7.11 Å². The fraction of sp³-hybridized carbons (Fsp3) is 0.562. The van der Waals surface area contributed by atoms with Gasteiger partial charge in [0, 0.05) is 6.04 Å². The van der Waals surface area contributed by atoms with E-state index in [1.807, 2.05) is 13.8 Å². The molecule has 7 heteroatoms. The number of sulfonamides is 1. The summed E-state index contributed by atoms with van der Waals surface area (Å²) in [5.74, 6) is -0.101. The number of amides is 1. The van der Waals surface area contributed by atoms with Gasteiger partial charge in [-0.15, -0.1) is 0 Å². The van der Waals surface area contributed by atoms with Gasteiger partial charge in [-0.25, -0.2) is 8.42 Å². The third-order valence-electron chi connectivity index (χ3n) is 3.44. The number of carbonyl (C=O) groups is 1. The molecule has 130 valence electrons. The molecule has 0 unspecified atom stereocenters. The summed E-state index contributed by atoms with van der Waals surface area (Å²) in [6.07, 6.45) is 1.79. The maximum atomic E-state index is 12.5. The molecule has 0 spiro atoms. The molecule has 0 saturated heterocycles. The highest BCUT2D eigenvalue weighted by atomic mass is 32.2. The lowest BCUT2D eigenvalue weighted by molar-refractivity contribution is -0.123. The molecular formula is C16H26N2O4S. The van der Waals surface area contributed by atoms with Crippen molar-refractivity contribution in [1.82, 2.24) is 10.0 Å². The van der Waals surface area contributed by atoms with Gasteiger partial charge in [0.25, 0.3) is 0 Å². The van der Waals surface area contributed by atoms with E-state index in [1.165, 1.54) is 20.1 Å². The Balaban J connectivity index is 2.90. The number of rotatable bonds is 8. The van der Waals surface area contributed by atoms with Gasteiger partial charge in [-0.3, -0.25) is 4.79 Å². The van der Waals surface area contributed by atoms with Crippen LogP contribution in [0.25, 0.3) is 0 Å². The summed E-state index contributed by atoms with van der Waals surface area (Å²) in [6.45, 7) is 7.24. The Morgan fingerprint density at radius 3 is 2.52 bits per heavy atom. The first-order chi connectivity index (χ1) is 10.7. The predicted molar refractivity (Wildman–Crippen MR) is 90.0 cm³/mol. The smallest absolute Gasteiger partial charge is 0.244 e. The second-order valence-corrected chi connectivity index (χ2v) is 7.38. The summed E-state index contributed by atoms with van der Waals surface area (Å²) in [5, 5.41) is 2.80. The molecule has 0 aliphatic carbocycles. The van der Waals surface area contributed by atoms with Crippen molar-refractivity contribution in [2.45, 2.75) is 57.5 Å². The topological polar surface area (TPSA) is 84.5 Å². The first-order valence-corrected chi connectivity index (χ1v) is 9.17. The number of nitrogens with one attached hydrogen (secondary N) is 2. The number of hydrogen-bond acceptors (Lipinski definition) is 4. The minimum absolute atomic E-state index is 0.00737. The molecule has 0 aromatic heterocycles. The van der Waals surface area contributed by atoms with Crippen LogP contribution in [0.4, 0.5) is 0 Å². The quantitative estimate of drug-likeness (QED) is 0.756. The zero-order valence-corrected chi connectivity index (χ0v) is 15.2. The van der Waals surface area contributed by atoms with E-state index in [0.717, 1.165) is 18.4 Å². The molecule has 0 radical (unpaired) electrons. The van der Waals surface area contributed by atoms with Crippen LogP contribution in [0.3, 0.4) is 0 Å². The first kappa shape index (κ1) is 19.4. The Bertz CT molecular complexity index is 643. The zero-order chi connectivity index (χ0) is 17.6. The van der Waals surface area contributed by atoms with Crippen molar-refractivity contribution in [2.24, 2.45) is 0 Å². The fourth-order valence-corrected chi connectivity index (χ4v) is 3.67. The summed E-state index contributed by atoms with van der Waals surface area (Å²) in [5.41, 5.74) is 0.792. The Kier molecular flexibility index (Phi) is 7.02. The van der Waals surface area contributed by atoms with E-state index in [2.05, 4.69) is 10.0 Å². The number of ether oxygens (including phenoxy) is 1. The Morgan fingerprint density at radius 1 is 1.30 bits per heavy atom. The van der Waals surface area contributed by atoms with Gasteiger partial charge in [0.2, 0.25) is 15.9 Å². The van der Waals surface area contributed by atoms with Gasteiger partial charge >= 0.3 is 0 Å². The minimum atomic E-state index is -3.85. The third kappa shape index (κ3) is 5.51. The van der Waals surface area contributed by atoms with Crippen LogP contribution in [0, 0.1) is 6.92 Å². The molecule has 1 aromatic rings. The third-order valence-corrected chi connectivity index (χ3v) is 5.01. The number of carbonyl (C=O) groups excluding carboxylic acids is 1. The molecule has 0 bridgehead atoms. The molecule has 1 amide bonds. The Labute approximate surface area is 138 Å². The molecule has 0 saturated carbocycles. The molecular weight excluding hydrogens is 316 g/mol. The summed E-state index contributed by atoms with van der Waals surface area (Å²) < 4.78 is 32.5. The Morgan fingerprint density at radius 2 is 1.96 bits per heavy atom. The van der Waals surface area contributed by atoms with E-state index < -0.39 is 16.1 Å². The second kappa shape index (κ2) is 8.31. The lowest BCUT2D eigenvalue weighted by atomic mass is 10.2. The molecule has 0 fully saturated rings. The first-order valence-electron chi connectivity index (χ1n) is 7.68. The lowest BCUT2D eigenvalue weighted by Crippen LogP contribution is -2.47. The van der Waals surface area contributed by atoms with Crippen molar-refractivity contribution < 1.29 is 17.9 Å². The molecule has 0 aliphatic rings. The molecule has 23 heavy (non-hydrogen) atoms. The van der Waals surface area contributed by atoms with Crippen LogP contribution in [0.1, 0.15) is 39.2 Å². The Hall–Kier alpha value is -1.60. The second-order valence-electron chi connectivity index (χ2n) is 5.70. The molecule has 0 aliphatic heterocycles. The van der Waals surface area contributed by atoms with E-state index >= 15 is 0 Å². The number of hydrogen-bond donors (Lipinski definition) is 2. The zero-order valence-electron chi connectivity index (χ0n) is 14.3. The number of benzene rings is 1. The van der Waals surface area contributed by atoms with Crippen LogP contribution < -0.4 is 14.8 Å². The highest BCUT2D eigenvalue weighted by molar-refractivity contribution is 7.89. The summed E-state index contributed by atoms with van der Waals surface area (Å²) in [7, 11) is -2.44. The SMILES string of the molecule is CCC[C@@H](C)NC(=O)[C@H](C)NS(=O)(=O)c1cc(C)ccc1OC. The van der Waals surface area contributed by atoms with Gasteiger partial charge in [0.15, 0.2) is 0 Å². The van der Waals surface area contributed by atoms with Gasteiger partial charge in [0.05, 0.1) is 13.2 Å². The van der Waals surface area contributed by atoms with Gasteiger partial charge in [-0.2, -0.15) is 4.72 Å². The average Bonchev–Trinajstić information content (AvgIpc) is 2.46.